The molecule has 0 bridgehead atoms. The Morgan fingerprint density at radius 2 is 1.92 bits per heavy atom. The highest BCUT2D eigenvalue weighted by Crippen LogP contribution is 2.68. The van der Waals surface area contributed by atoms with Crippen LogP contribution in [0.4, 0.5) is 0 Å². The molecule has 0 unspecified atom stereocenters. The van der Waals surface area contributed by atoms with Crippen molar-refractivity contribution in [2.24, 2.45) is 16.7 Å². The van der Waals surface area contributed by atoms with Crippen LogP contribution in [0.25, 0.3) is 0 Å². The van der Waals surface area contributed by atoms with Gasteiger partial charge in [-0.1, -0.05) is 27.7 Å². The number of methoxy groups -OCH3 is 1. The largest absolute Gasteiger partial charge is 0.388 e. The summed E-state index contributed by atoms with van der Waals surface area (Å²) >= 11 is 0. The van der Waals surface area contributed by atoms with Gasteiger partial charge in [-0.2, -0.15) is 0 Å². The minimum atomic E-state index is -0.130. The lowest BCUT2D eigenvalue weighted by Gasteiger charge is -2.35. The summed E-state index contributed by atoms with van der Waals surface area (Å²) in [6, 6.07) is 0.204. The maximum absolute atomic E-state index is 12.5. The number of rotatable bonds is 7. The van der Waals surface area contributed by atoms with Crippen molar-refractivity contribution in [3.05, 3.63) is 11.6 Å². The van der Waals surface area contributed by atoms with Crippen LogP contribution in [0.2, 0.25) is 0 Å². The Kier molecular flexibility index (Phi) is 4.66. The highest BCUT2D eigenvalue weighted by molar-refractivity contribution is 5.84. The standard InChI is InChI=1S/C18H30N4O3/c1-17(2)14(18(17,3)4)16(24)19-12-8-11(9-12)15-21-20-13(10-23)22(15)6-7-25-5/h11-12,14,23H,6-10H2,1-5H3,(H,19,24). The third-order valence-electron chi connectivity index (χ3n) is 6.65. The number of nitrogens with one attached hydrogen (secondary N) is 1. The van der Waals surface area contributed by atoms with Gasteiger partial charge in [0, 0.05) is 31.5 Å². The van der Waals surface area contributed by atoms with Crippen molar-refractivity contribution in [3.63, 3.8) is 0 Å². The summed E-state index contributed by atoms with van der Waals surface area (Å²) in [5, 5.41) is 20.9. The third-order valence-corrected chi connectivity index (χ3v) is 6.65. The Labute approximate surface area is 149 Å². The Morgan fingerprint density at radius 1 is 1.28 bits per heavy atom. The molecule has 7 nitrogen and oxygen atoms in total. The molecular weight excluding hydrogens is 320 g/mol. The van der Waals surface area contributed by atoms with Gasteiger partial charge in [0.15, 0.2) is 5.82 Å². The Balaban J connectivity index is 1.57. The molecule has 0 aromatic carbocycles. The Hall–Kier alpha value is -1.47. The summed E-state index contributed by atoms with van der Waals surface area (Å²) in [6.07, 6.45) is 1.74. The Morgan fingerprint density at radius 3 is 2.44 bits per heavy atom. The van der Waals surface area contributed by atoms with E-state index in [0.717, 1.165) is 18.7 Å². The fourth-order valence-electron chi connectivity index (χ4n) is 4.28. The number of carbonyl (C=O) groups excluding carboxylic acids is 1. The van der Waals surface area contributed by atoms with Gasteiger partial charge in [-0.15, -0.1) is 10.2 Å². The summed E-state index contributed by atoms with van der Waals surface area (Å²) in [5.74, 6) is 2.00. The van der Waals surface area contributed by atoms with Crippen LogP contribution in [-0.4, -0.2) is 45.5 Å². The van der Waals surface area contributed by atoms with Crippen molar-refractivity contribution in [1.82, 2.24) is 20.1 Å². The van der Waals surface area contributed by atoms with Gasteiger partial charge in [-0.3, -0.25) is 4.79 Å². The molecule has 1 heterocycles. The van der Waals surface area contributed by atoms with E-state index in [1.807, 2.05) is 4.57 Å². The molecule has 140 valence electrons. The smallest absolute Gasteiger partial charge is 0.224 e. The van der Waals surface area contributed by atoms with Crippen LogP contribution in [0.5, 0.6) is 0 Å². The molecular formula is C18H30N4O3. The number of hydrogen-bond donors (Lipinski definition) is 2. The first kappa shape index (κ1) is 18.3. The van der Waals surface area contributed by atoms with Crippen LogP contribution in [0.15, 0.2) is 0 Å². The molecule has 1 aromatic heterocycles. The molecule has 3 rings (SSSR count). The lowest BCUT2D eigenvalue weighted by molar-refractivity contribution is -0.124. The fourth-order valence-corrected chi connectivity index (χ4v) is 4.28. The second kappa shape index (κ2) is 6.36. The molecule has 2 saturated carbocycles. The minimum absolute atomic E-state index is 0.0661. The molecule has 2 N–H and O–H groups in total. The lowest BCUT2D eigenvalue weighted by atomic mass is 9.79. The number of aliphatic hydroxyl groups is 1. The number of aliphatic hydroxyl groups excluding tert-OH is 1. The van der Waals surface area contributed by atoms with Crippen LogP contribution in [-0.2, 0) is 22.7 Å². The van der Waals surface area contributed by atoms with Gasteiger partial charge >= 0.3 is 0 Å². The van der Waals surface area contributed by atoms with Crippen LogP contribution >= 0.6 is 0 Å². The molecule has 2 aliphatic rings. The first-order valence-electron chi connectivity index (χ1n) is 9.06. The van der Waals surface area contributed by atoms with Crippen molar-refractivity contribution in [1.29, 1.82) is 0 Å². The van der Waals surface area contributed by atoms with Crippen molar-refractivity contribution < 1.29 is 14.6 Å². The maximum Gasteiger partial charge on any atom is 0.224 e. The van der Waals surface area contributed by atoms with Crippen molar-refractivity contribution in [2.45, 2.75) is 65.6 Å². The van der Waals surface area contributed by atoms with Gasteiger partial charge in [-0.25, -0.2) is 0 Å². The number of nitrogens with zero attached hydrogens (tertiary/aromatic N) is 3. The molecule has 0 spiro atoms. The van der Waals surface area contributed by atoms with Crippen LogP contribution in [0, 0.1) is 16.7 Å². The van der Waals surface area contributed by atoms with Gasteiger partial charge in [-0.05, 0) is 23.7 Å². The fraction of sp³-hybridized carbons (Fsp3) is 0.833. The summed E-state index contributed by atoms with van der Waals surface area (Å²) in [4.78, 5) is 12.5. The molecule has 0 aliphatic heterocycles. The average Bonchev–Trinajstić information content (AvgIpc) is 2.81. The van der Waals surface area contributed by atoms with Crippen LogP contribution in [0.3, 0.4) is 0 Å². The van der Waals surface area contributed by atoms with E-state index in [9.17, 15) is 9.90 Å². The normalized spacial score (nSPS) is 27.0. The van der Waals surface area contributed by atoms with Crippen LogP contribution in [0.1, 0.15) is 58.1 Å². The number of hydrogen-bond acceptors (Lipinski definition) is 5. The van der Waals surface area contributed by atoms with E-state index in [2.05, 4.69) is 43.2 Å². The van der Waals surface area contributed by atoms with E-state index in [4.69, 9.17) is 4.74 Å². The second-order valence-corrected chi connectivity index (χ2v) is 8.53. The van der Waals surface area contributed by atoms with Crippen molar-refractivity contribution in [2.75, 3.05) is 13.7 Å². The zero-order valence-electron chi connectivity index (χ0n) is 15.9. The van der Waals surface area contributed by atoms with E-state index < -0.39 is 0 Å². The molecule has 0 radical (unpaired) electrons. The SMILES string of the molecule is COCCn1c(CO)nnc1C1CC(NC(=O)C2C(C)(C)C2(C)C)C1. The maximum atomic E-state index is 12.5. The summed E-state index contributed by atoms with van der Waals surface area (Å²) in [5.41, 5.74) is 0.132. The molecule has 1 amide bonds. The van der Waals surface area contributed by atoms with Gasteiger partial charge in [0.05, 0.1) is 6.61 Å². The number of ether oxygens (including phenoxy) is 1. The second-order valence-electron chi connectivity index (χ2n) is 8.53. The van der Waals surface area contributed by atoms with E-state index in [-0.39, 0.29) is 41.2 Å². The topological polar surface area (TPSA) is 89.3 Å². The molecule has 2 fully saturated rings. The highest BCUT2D eigenvalue weighted by Gasteiger charge is 2.68. The molecule has 0 saturated heterocycles. The lowest BCUT2D eigenvalue weighted by Crippen LogP contribution is -2.45. The van der Waals surface area contributed by atoms with Gasteiger partial charge in [0.25, 0.3) is 0 Å². The molecule has 7 heteroatoms. The average molecular weight is 350 g/mol. The molecule has 0 atom stereocenters. The van der Waals surface area contributed by atoms with Gasteiger partial charge in [0.1, 0.15) is 12.4 Å². The minimum Gasteiger partial charge on any atom is -0.388 e. The molecule has 25 heavy (non-hydrogen) atoms. The van der Waals surface area contributed by atoms with Crippen molar-refractivity contribution >= 4 is 5.91 Å². The third kappa shape index (κ3) is 2.97. The highest BCUT2D eigenvalue weighted by atomic mass is 16.5. The van der Waals surface area contributed by atoms with E-state index in [1.165, 1.54) is 0 Å². The zero-order chi connectivity index (χ0) is 18.4. The number of amides is 1. The molecule has 1 aromatic rings. The van der Waals surface area contributed by atoms with E-state index in [0.29, 0.717) is 19.0 Å². The van der Waals surface area contributed by atoms with E-state index >= 15 is 0 Å². The number of carbonyl (C=O) groups is 1. The summed E-state index contributed by atoms with van der Waals surface area (Å²) < 4.78 is 7.08. The van der Waals surface area contributed by atoms with E-state index in [1.54, 1.807) is 7.11 Å². The van der Waals surface area contributed by atoms with Gasteiger partial charge < -0.3 is 19.7 Å². The first-order valence-corrected chi connectivity index (χ1v) is 9.06. The number of aromatic nitrogens is 3. The monoisotopic (exact) mass is 350 g/mol. The Bertz CT molecular complexity index is 633. The summed E-state index contributed by atoms with van der Waals surface area (Å²) in [7, 11) is 1.65. The predicted molar refractivity (Wildman–Crippen MR) is 92.8 cm³/mol. The first-order chi connectivity index (χ1) is 11.7. The summed E-state index contributed by atoms with van der Waals surface area (Å²) in [6.45, 7) is 9.70. The quantitative estimate of drug-likeness (QED) is 0.777. The molecule has 2 aliphatic carbocycles. The zero-order valence-corrected chi connectivity index (χ0v) is 15.9. The van der Waals surface area contributed by atoms with Gasteiger partial charge in [0.2, 0.25) is 5.91 Å². The van der Waals surface area contributed by atoms with Crippen LogP contribution < -0.4 is 5.32 Å². The van der Waals surface area contributed by atoms with Crippen molar-refractivity contribution in [3.8, 4) is 0 Å². The predicted octanol–water partition coefficient (Wildman–Crippen LogP) is 1.46.